The van der Waals surface area contributed by atoms with Crippen LogP contribution in [0, 0.1) is 5.92 Å². The number of hydrogen-bond donors (Lipinski definition) is 1. The number of piperidine rings is 1. The molecule has 8 heteroatoms. The van der Waals surface area contributed by atoms with Crippen LogP contribution >= 0.6 is 0 Å². The van der Waals surface area contributed by atoms with Crippen molar-refractivity contribution in [3.8, 4) is 0 Å². The van der Waals surface area contributed by atoms with E-state index >= 15 is 0 Å². The molecule has 0 saturated carbocycles. The van der Waals surface area contributed by atoms with E-state index in [1.54, 1.807) is 0 Å². The normalized spacial score (nSPS) is 22.1. The number of nitrogens with one attached hydrogen (secondary N) is 1. The van der Waals surface area contributed by atoms with E-state index in [1.165, 1.54) is 10.6 Å². The fraction of sp³-hybridized carbons (Fsp3) is 1.00. The molecule has 1 N–H and O–H groups in total. The second kappa shape index (κ2) is 7.61. The average molecular weight is 316 g/mol. The molecule has 20 heavy (non-hydrogen) atoms. The predicted molar refractivity (Wildman–Crippen MR) is 71.9 cm³/mol. The van der Waals surface area contributed by atoms with Crippen LogP contribution in [0.25, 0.3) is 0 Å². The van der Waals surface area contributed by atoms with Crippen molar-refractivity contribution < 1.29 is 21.6 Å². The Morgan fingerprint density at radius 3 is 2.60 bits per heavy atom. The van der Waals surface area contributed by atoms with Crippen molar-refractivity contribution in [2.75, 3.05) is 32.4 Å². The minimum absolute atomic E-state index is 0.136. The number of alkyl halides is 3. The molecule has 1 atom stereocenters. The van der Waals surface area contributed by atoms with Gasteiger partial charge in [-0.2, -0.15) is 13.2 Å². The molecule has 1 fully saturated rings. The van der Waals surface area contributed by atoms with E-state index in [2.05, 4.69) is 5.32 Å². The van der Waals surface area contributed by atoms with Gasteiger partial charge in [-0.25, -0.2) is 12.7 Å². The van der Waals surface area contributed by atoms with E-state index in [-0.39, 0.29) is 12.3 Å². The van der Waals surface area contributed by atoms with Gasteiger partial charge in [0.05, 0.1) is 6.26 Å². The lowest BCUT2D eigenvalue weighted by Crippen LogP contribution is -2.42. The molecule has 1 aliphatic rings. The number of nitrogens with zero attached hydrogens (tertiary/aromatic N) is 1. The second-order valence-electron chi connectivity index (χ2n) is 5.41. The van der Waals surface area contributed by atoms with Gasteiger partial charge in [0.1, 0.15) is 0 Å². The van der Waals surface area contributed by atoms with Crippen molar-refractivity contribution in [1.82, 2.24) is 9.62 Å². The van der Waals surface area contributed by atoms with E-state index in [1.807, 2.05) is 0 Å². The Kier molecular flexibility index (Phi) is 6.74. The zero-order chi connectivity index (χ0) is 15.2. The molecule has 1 heterocycles. The smallest absolute Gasteiger partial charge is 0.316 e. The topological polar surface area (TPSA) is 49.4 Å². The van der Waals surface area contributed by atoms with Crippen LogP contribution in [0.2, 0.25) is 0 Å². The molecule has 1 saturated heterocycles. The minimum Gasteiger partial charge on any atom is -0.316 e. The number of sulfonamides is 1. The van der Waals surface area contributed by atoms with Crippen LogP contribution in [0.4, 0.5) is 13.2 Å². The van der Waals surface area contributed by atoms with Crippen LogP contribution in [0.5, 0.6) is 0 Å². The molecule has 1 unspecified atom stereocenters. The maximum Gasteiger partial charge on any atom is 0.389 e. The third-order valence-electron chi connectivity index (χ3n) is 3.45. The Bertz CT molecular complexity index is 385. The Hall–Kier alpha value is -0.340. The maximum absolute atomic E-state index is 11.9. The minimum atomic E-state index is -4.07. The Balaban J connectivity index is 2.13. The van der Waals surface area contributed by atoms with Gasteiger partial charge in [0.25, 0.3) is 0 Å². The van der Waals surface area contributed by atoms with Gasteiger partial charge in [0, 0.05) is 19.5 Å². The highest BCUT2D eigenvalue weighted by Gasteiger charge is 2.26. The molecule has 0 aromatic heterocycles. The number of hydrogen-bond acceptors (Lipinski definition) is 3. The lowest BCUT2D eigenvalue weighted by Gasteiger charge is -2.31. The highest BCUT2D eigenvalue weighted by atomic mass is 32.2. The first-order valence-electron chi connectivity index (χ1n) is 6.91. The Morgan fingerprint density at radius 1 is 1.30 bits per heavy atom. The molecule has 0 spiro atoms. The van der Waals surface area contributed by atoms with Crippen LogP contribution in [0.3, 0.4) is 0 Å². The molecular formula is C12H23F3N2O2S. The summed E-state index contributed by atoms with van der Waals surface area (Å²) >= 11 is 0. The van der Waals surface area contributed by atoms with Gasteiger partial charge in [-0.3, -0.25) is 0 Å². The van der Waals surface area contributed by atoms with Gasteiger partial charge in [-0.1, -0.05) is 0 Å². The third-order valence-corrected chi connectivity index (χ3v) is 4.72. The van der Waals surface area contributed by atoms with Crippen LogP contribution in [0.1, 0.15) is 32.1 Å². The predicted octanol–water partition coefficient (Wildman–Crippen LogP) is 1.98. The van der Waals surface area contributed by atoms with Crippen LogP contribution in [-0.2, 0) is 10.0 Å². The summed E-state index contributed by atoms with van der Waals surface area (Å²) in [7, 11) is -3.13. The van der Waals surface area contributed by atoms with Crippen molar-refractivity contribution in [3.63, 3.8) is 0 Å². The summed E-state index contributed by atoms with van der Waals surface area (Å²) in [6.45, 7) is 2.29. The van der Waals surface area contributed by atoms with E-state index in [4.69, 9.17) is 0 Å². The molecule has 0 aromatic carbocycles. The van der Waals surface area contributed by atoms with E-state index < -0.39 is 22.6 Å². The fourth-order valence-corrected chi connectivity index (χ4v) is 3.32. The summed E-state index contributed by atoms with van der Waals surface area (Å²) in [5, 5.41) is 3.12. The number of unbranched alkanes of at least 4 members (excludes halogenated alkanes) is 1. The van der Waals surface area contributed by atoms with E-state index in [0.717, 1.165) is 12.8 Å². The number of halogens is 3. The summed E-state index contributed by atoms with van der Waals surface area (Å²) in [6.07, 6.45) is -1.17. The van der Waals surface area contributed by atoms with Gasteiger partial charge in [0.15, 0.2) is 0 Å². The summed E-state index contributed by atoms with van der Waals surface area (Å²) in [6, 6.07) is 0. The molecule has 0 aromatic rings. The van der Waals surface area contributed by atoms with Crippen LogP contribution in [-0.4, -0.2) is 51.3 Å². The Labute approximate surface area is 118 Å². The summed E-state index contributed by atoms with van der Waals surface area (Å²) in [5.74, 6) is 0.251. The van der Waals surface area contributed by atoms with E-state index in [9.17, 15) is 21.6 Å². The highest BCUT2D eigenvalue weighted by molar-refractivity contribution is 7.88. The molecule has 120 valence electrons. The first-order valence-corrected chi connectivity index (χ1v) is 8.76. The lowest BCUT2D eigenvalue weighted by atomic mass is 10.00. The average Bonchev–Trinajstić information content (AvgIpc) is 2.31. The monoisotopic (exact) mass is 316 g/mol. The highest BCUT2D eigenvalue weighted by Crippen LogP contribution is 2.22. The molecule has 0 amide bonds. The van der Waals surface area contributed by atoms with Gasteiger partial charge >= 0.3 is 6.18 Å². The fourth-order valence-electron chi connectivity index (χ4n) is 2.38. The van der Waals surface area contributed by atoms with Crippen LogP contribution in [0.15, 0.2) is 0 Å². The van der Waals surface area contributed by atoms with Crippen molar-refractivity contribution in [1.29, 1.82) is 0 Å². The zero-order valence-electron chi connectivity index (χ0n) is 11.7. The molecule has 1 rings (SSSR count). The maximum atomic E-state index is 11.9. The van der Waals surface area contributed by atoms with Crippen molar-refractivity contribution in [3.05, 3.63) is 0 Å². The molecular weight excluding hydrogens is 293 g/mol. The SMILES string of the molecule is CS(=O)(=O)N1CCCC(CNCCCCC(F)(F)F)C1. The second-order valence-corrected chi connectivity index (χ2v) is 7.39. The molecule has 0 aliphatic carbocycles. The summed E-state index contributed by atoms with van der Waals surface area (Å²) < 4.78 is 60.1. The van der Waals surface area contributed by atoms with Gasteiger partial charge in [-0.15, -0.1) is 0 Å². The standard InChI is InChI=1S/C12H23F3N2O2S/c1-20(18,19)17-8-4-5-11(10-17)9-16-7-3-2-6-12(13,14)15/h11,16H,2-10H2,1H3. The molecule has 0 radical (unpaired) electrons. The number of rotatable bonds is 7. The van der Waals surface area contributed by atoms with E-state index in [0.29, 0.717) is 32.6 Å². The van der Waals surface area contributed by atoms with Gasteiger partial charge in [-0.05, 0) is 44.7 Å². The Morgan fingerprint density at radius 2 is 2.00 bits per heavy atom. The summed E-state index contributed by atoms with van der Waals surface area (Å²) in [4.78, 5) is 0. The van der Waals surface area contributed by atoms with Crippen molar-refractivity contribution >= 4 is 10.0 Å². The van der Waals surface area contributed by atoms with Gasteiger partial charge < -0.3 is 5.32 Å². The van der Waals surface area contributed by atoms with Crippen molar-refractivity contribution in [2.24, 2.45) is 5.92 Å². The molecule has 4 nitrogen and oxygen atoms in total. The first kappa shape index (κ1) is 17.7. The quantitative estimate of drug-likeness (QED) is 0.731. The zero-order valence-corrected chi connectivity index (χ0v) is 12.6. The third kappa shape index (κ3) is 7.44. The summed E-state index contributed by atoms with van der Waals surface area (Å²) in [5.41, 5.74) is 0. The first-order chi connectivity index (χ1) is 9.18. The van der Waals surface area contributed by atoms with Crippen molar-refractivity contribution in [2.45, 2.75) is 38.3 Å². The van der Waals surface area contributed by atoms with Crippen LogP contribution < -0.4 is 5.32 Å². The molecule has 0 bridgehead atoms. The van der Waals surface area contributed by atoms with Gasteiger partial charge in [0.2, 0.25) is 10.0 Å². The molecule has 1 aliphatic heterocycles. The largest absolute Gasteiger partial charge is 0.389 e. The lowest BCUT2D eigenvalue weighted by molar-refractivity contribution is -0.135.